The molecule has 0 bridgehead atoms. The van der Waals surface area contributed by atoms with Crippen molar-refractivity contribution in [3.8, 4) is 0 Å². The molecule has 1 aromatic heterocycles. The van der Waals surface area contributed by atoms with Crippen LogP contribution < -0.4 is 4.90 Å². The van der Waals surface area contributed by atoms with Crippen LogP contribution in [0.3, 0.4) is 0 Å². The Labute approximate surface area is 99.9 Å². The largest absolute Gasteiger partial charge is 0.388 e. The Balaban J connectivity index is 2.23. The third kappa shape index (κ3) is 2.21. The number of hydrogen-bond acceptors (Lipinski definition) is 5. The van der Waals surface area contributed by atoms with E-state index in [0.717, 1.165) is 35.5 Å². The molecule has 1 fully saturated rings. The fourth-order valence-corrected chi connectivity index (χ4v) is 3.05. The van der Waals surface area contributed by atoms with Gasteiger partial charge in [-0.3, -0.25) is 0 Å². The summed E-state index contributed by atoms with van der Waals surface area (Å²) in [5.41, 5.74) is 0.939. The summed E-state index contributed by atoms with van der Waals surface area (Å²) in [5.74, 6) is 0. The first kappa shape index (κ1) is 11.8. The second-order valence-electron chi connectivity index (χ2n) is 4.24. The van der Waals surface area contributed by atoms with Crippen molar-refractivity contribution < 1.29 is 9.84 Å². The zero-order chi connectivity index (χ0) is 11.7. The summed E-state index contributed by atoms with van der Waals surface area (Å²) in [6, 6.07) is 0.362. The standard InChI is InChI=1S/C11H18N2O2S/c1-7-6-15-5-4-13(7)11-12-8(2)10(16-11)9(3)14/h7,9,14H,4-6H2,1-3H3. The Morgan fingerprint density at radius 3 is 2.94 bits per heavy atom. The van der Waals surface area contributed by atoms with Crippen molar-refractivity contribution >= 4 is 16.5 Å². The highest BCUT2D eigenvalue weighted by Crippen LogP contribution is 2.32. The Morgan fingerprint density at radius 2 is 2.38 bits per heavy atom. The van der Waals surface area contributed by atoms with Crippen LogP contribution in [0.2, 0.25) is 0 Å². The fraction of sp³-hybridized carbons (Fsp3) is 0.727. The number of thiazole rings is 1. The maximum absolute atomic E-state index is 9.61. The van der Waals surface area contributed by atoms with Gasteiger partial charge in [0.2, 0.25) is 0 Å². The maximum atomic E-state index is 9.61. The van der Waals surface area contributed by atoms with E-state index in [-0.39, 0.29) is 0 Å². The number of aliphatic hydroxyl groups is 1. The molecule has 16 heavy (non-hydrogen) atoms. The van der Waals surface area contributed by atoms with E-state index in [4.69, 9.17) is 4.74 Å². The molecule has 0 spiro atoms. The van der Waals surface area contributed by atoms with Crippen LogP contribution in [0.1, 0.15) is 30.5 Å². The van der Waals surface area contributed by atoms with Gasteiger partial charge < -0.3 is 14.7 Å². The van der Waals surface area contributed by atoms with Crippen molar-refractivity contribution in [3.05, 3.63) is 10.6 Å². The van der Waals surface area contributed by atoms with E-state index in [1.54, 1.807) is 18.3 Å². The number of morpholine rings is 1. The molecule has 2 heterocycles. The van der Waals surface area contributed by atoms with Crippen molar-refractivity contribution in [2.45, 2.75) is 32.9 Å². The quantitative estimate of drug-likeness (QED) is 0.858. The molecule has 5 heteroatoms. The number of aromatic nitrogens is 1. The third-order valence-electron chi connectivity index (χ3n) is 2.81. The minimum Gasteiger partial charge on any atom is -0.388 e. The highest BCUT2D eigenvalue weighted by Gasteiger charge is 2.23. The van der Waals surface area contributed by atoms with Gasteiger partial charge in [-0.05, 0) is 20.8 Å². The second kappa shape index (κ2) is 4.69. The van der Waals surface area contributed by atoms with Gasteiger partial charge in [0, 0.05) is 6.54 Å². The first-order chi connectivity index (χ1) is 7.59. The molecule has 1 N–H and O–H groups in total. The van der Waals surface area contributed by atoms with Crippen LogP contribution in [0, 0.1) is 6.92 Å². The van der Waals surface area contributed by atoms with Crippen LogP contribution in [0.4, 0.5) is 5.13 Å². The fourth-order valence-electron chi connectivity index (χ4n) is 1.92. The molecule has 1 aliphatic heterocycles. The van der Waals surface area contributed by atoms with E-state index in [9.17, 15) is 5.11 Å². The predicted octanol–water partition coefficient (Wildman–Crippen LogP) is 1.73. The molecular weight excluding hydrogens is 224 g/mol. The summed E-state index contributed by atoms with van der Waals surface area (Å²) < 4.78 is 5.40. The van der Waals surface area contributed by atoms with Gasteiger partial charge >= 0.3 is 0 Å². The number of hydrogen-bond donors (Lipinski definition) is 1. The summed E-state index contributed by atoms with van der Waals surface area (Å²) in [6.45, 7) is 8.27. The Bertz CT molecular complexity index is 365. The average molecular weight is 242 g/mol. The zero-order valence-electron chi connectivity index (χ0n) is 9.93. The molecule has 0 radical (unpaired) electrons. The van der Waals surface area contributed by atoms with Crippen LogP contribution in [0.15, 0.2) is 0 Å². The summed E-state index contributed by atoms with van der Waals surface area (Å²) in [5, 5.41) is 10.6. The first-order valence-electron chi connectivity index (χ1n) is 5.59. The summed E-state index contributed by atoms with van der Waals surface area (Å²) in [7, 11) is 0. The van der Waals surface area contributed by atoms with Crippen LogP contribution in [-0.2, 0) is 4.74 Å². The summed E-state index contributed by atoms with van der Waals surface area (Å²) in [6.07, 6.45) is -0.428. The SMILES string of the molecule is Cc1nc(N2CCOCC2C)sc1C(C)O. The maximum Gasteiger partial charge on any atom is 0.186 e. The Hall–Kier alpha value is -0.650. The van der Waals surface area contributed by atoms with E-state index < -0.39 is 6.10 Å². The van der Waals surface area contributed by atoms with Crippen molar-refractivity contribution in [1.82, 2.24) is 4.98 Å². The molecule has 0 aliphatic carbocycles. The molecule has 2 rings (SSSR count). The molecule has 0 amide bonds. The van der Waals surface area contributed by atoms with Gasteiger partial charge in [0.05, 0.1) is 35.9 Å². The average Bonchev–Trinajstić information content (AvgIpc) is 2.61. The number of aryl methyl sites for hydroxylation is 1. The molecule has 0 saturated carbocycles. The molecule has 0 aromatic carbocycles. The van der Waals surface area contributed by atoms with E-state index in [1.807, 2.05) is 6.92 Å². The zero-order valence-corrected chi connectivity index (χ0v) is 10.8. The lowest BCUT2D eigenvalue weighted by molar-refractivity contribution is 0.0989. The number of anilines is 1. The van der Waals surface area contributed by atoms with Crippen molar-refractivity contribution in [2.75, 3.05) is 24.7 Å². The minimum absolute atomic E-state index is 0.362. The molecule has 2 atom stereocenters. The lowest BCUT2D eigenvalue weighted by atomic mass is 10.3. The van der Waals surface area contributed by atoms with Gasteiger partial charge in [0.25, 0.3) is 0 Å². The second-order valence-corrected chi connectivity index (χ2v) is 5.25. The van der Waals surface area contributed by atoms with Gasteiger partial charge in [0.15, 0.2) is 5.13 Å². The highest BCUT2D eigenvalue weighted by atomic mass is 32.1. The van der Waals surface area contributed by atoms with Crippen molar-refractivity contribution in [2.24, 2.45) is 0 Å². The van der Waals surface area contributed by atoms with Crippen LogP contribution in [-0.4, -0.2) is 35.9 Å². The molecule has 1 aromatic rings. The topological polar surface area (TPSA) is 45.6 Å². The van der Waals surface area contributed by atoms with E-state index in [0.29, 0.717) is 6.04 Å². The van der Waals surface area contributed by atoms with Gasteiger partial charge in [-0.2, -0.15) is 0 Å². The van der Waals surface area contributed by atoms with Gasteiger partial charge in [-0.25, -0.2) is 4.98 Å². The van der Waals surface area contributed by atoms with Gasteiger partial charge in [-0.15, -0.1) is 0 Å². The first-order valence-corrected chi connectivity index (χ1v) is 6.41. The molecular formula is C11H18N2O2S. The molecule has 90 valence electrons. The highest BCUT2D eigenvalue weighted by molar-refractivity contribution is 7.15. The number of aliphatic hydroxyl groups excluding tert-OH is 1. The van der Waals surface area contributed by atoms with E-state index >= 15 is 0 Å². The molecule has 2 unspecified atom stereocenters. The Kier molecular flexibility index (Phi) is 3.47. The number of ether oxygens (including phenoxy) is 1. The minimum atomic E-state index is -0.428. The predicted molar refractivity (Wildman–Crippen MR) is 65.1 cm³/mol. The monoisotopic (exact) mass is 242 g/mol. The lowest BCUT2D eigenvalue weighted by Crippen LogP contribution is -2.43. The summed E-state index contributed by atoms with van der Waals surface area (Å²) in [4.78, 5) is 7.76. The normalized spacial score (nSPS) is 23.5. The van der Waals surface area contributed by atoms with Gasteiger partial charge in [0.1, 0.15) is 0 Å². The molecule has 1 saturated heterocycles. The number of nitrogens with zero attached hydrogens (tertiary/aromatic N) is 2. The van der Waals surface area contributed by atoms with E-state index in [1.165, 1.54) is 0 Å². The number of rotatable bonds is 2. The van der Waals surface area contributed by atoms with Crippen LogP contribution in [0.5, 0.6) is 0 Å². The smallest absolute Gasteiger partial charge is 0.186 e. The molecule has 4 nitrogen and oxygen atoms in total. The third-order valence-corrected chi connectivity index (χ3v) is 4.18. The van der Waals surface area contributed by atoms with Gasteiger partial charge in [-0.1, -0.05) is 11.3 Å². The van der Waals surface area contributed by atoms with Crippen LogP contribution >= 0.6 is 11.3 Å². The van der Waals surface area contributed by atoms with Crippen LogP contribution in [0.25, 0.3) is 0 Å². The summed E-state index contributed by atoms with van der Waals surface area (Å²) >= 11 is 1.59. The van der Waals surface area contributed by atoms with Crippen molar-refractivity contribution in [1.29, 1.82) is 0 Å². The lowest BCUT2D eigenvalue weighted by Gasteiger charge is -2.32. The molecule has 1 aliphatic rings. The Morgan fingerprint density at radius 1 is 1.62 bits per heavy atom. The van der Waals surface area contributed by atoms with Crippen molar-refractivity contribution in [3.63, 3.8) is 0 Å². The van der Waals surface area contributed by atoms with E-state index in [2.05, 4.69) is 16.8 Å².